The Labute approximate surface area is 183 Å². The zero-order chi connectivity index (χ0) is 18.2. The highest BCUT2D eigenvalue weighted by atomic mass is 127. The molecule has 6 nitrogen and oxygen atoms in total. The Morgan fingerprint density at radius 3 is 2.93 bits per heavy atom. The lowest BCUT2D eigenvalue weighted by Crippen LogP contribution is -2.42. The highest BCUT2D eigenvalue weighted by Crippen LogP contribution is 2.23. The average Bonchev–Trinajstić information content (AvgIpc) is 3.27. The van der Waals surface area contributed by atoms with Crippen LogP contribution in [0.15, 0.2) is 16.4 Å². The normalized spacial score (nSPS) is 17.6. The highest BCUT2D eigenvalue weighted by Gasteiger charge is 2.19. The van der Waals surface area contributed by atoms with Crippen molar-refractivity contribution in [2.45, 2.75) is 39.2 Å². The van der Waals surface area contributed by atoms with Crippen LogP contribution in [-0.2, 0) is 17.8 Å². The number of thiophene rings is 1. The van der Waals surface area contributed by atoms with Gasteiger partial charge in [-0.05, 0) is 43.2 Å². The molecular weight excluding hydrogens is 473 g/mol. The molecule has 3 heterocycles. The minimum Gasteiger partial charge on any atom is -0.357 e. The van der Waals surface area contributed by atoms with Gasteiger partial charge in [-0.3, -0.25) is 14.7 Å². The number of guanidine groups is 1. The maximum atomic E-state index is 11.6. The van der Waals surface area contributed by atoms with Crippen molar-refractivity contribution in [3.8, 4) is 0 Å². The Morgan fingerprint density at radius 1 is 1.26 bits per heavy atom. The van der Waals surface area contributed by atoms with Gasteiger partial charge in [0.15, 0.2) is 5.96 Å². The van der Waals surface area contributed by atoms with Crippen molar-refractivity contribution in [2.24, 2.45) is 4.99 Å². The third-order valence-electron chi connectivity index (χ3n) is 4.98. The molecule has 0 radical (unpaired) electrons. The number of nitrogens with one attached hydrogen (secondary N) is 2. The molecule has 0 bridgehead atoms. The van der Waals surface area contributed by atoms with E-state index in [4.69, 9.17) is 0 Å². The second-order valence-electron chi connectivity index (χ2n) is 6.92. The molecule has 8 heteroatoms. The molecule has 0 aromatic carbocycles. The van der Waals surface area contributed by atoms with Crippen LogP contribution in [0.1, 0.15) is 36.6 Å². The molecular formula is C19H32IN5OS. The minimum absolute atomic E-state index is 0. The number of halogens is 1. The molecule has 3 rings (SSSR count). The van der Waals surface area contributed by atoms with Crippen molar-refractivity contribution < 1.29 is 4.79 Å². The van der Waals surface area contributed by atoms with Gasteiger partial charge < -0.3 is 15.5 Å². The van der Waals surface area contributed by atoms with E-state index in [1.165, 1.54) is 12.0 Å². The van der Waals surface area contributed by atoms with Crippen LogP contribution >= 0.6 is 35.3 Å². The Balaban J connectivity index is 0.00000261. The molecule has 0 saturated carbocycles. The van der Waals surface area contributed by atoms with Gasteiger partial charge >= 0.3 is 0 Å². The van der Waals surface area contributed by atoms with Crippen LogP contribution in [0.3, 0.4) is 0 Å². The number of hydrogen-bond acceptors (Lipinski definition) is 4. The summed E-state index contributed by atoms with van der Waals surface area (Å²) in [6.07, 6.45) is 3.83. The van der Waals surface area contributed by atoms with Gasteiger partial charge in [-0.2, -0.15) is 0 Å². The van der Waals surface area contributed by atoms with Crippen molar-refractivity contribution >= 4 is 47.2 Å². The van der Waals surface area contributed by atoms with Gasteiger partial charge in [0.1, 0.15) is 0 Å². The summed E-state index contributed by atoms with van der Waals surface area (Å²) in [4.78, 5) is 22.3. The zero-order valence-electron chi connectivity index (χ0n) is 16.2. The number of fused-ring (bicyclic) bond motifs is 1. The predicted molar refractivity (Wildman–Crippen MR) is 123 cm³/mol. The first-order valence-corrected chi connectivity index (χ1v) is 10.7. The summed E-state index contributed by atoms with van der Waals surface area (Å²) in [5.74, 6) is 1.18. The largest absolute Gasteiger partial charge is 0.357 e. The lowest BCUT2D eigenvalue weighted by atomic mass is 10.1. The Bertz CT molecular complexity index is 621. The molecule has 1 fully saturated rings. The van der Waals surface area contributed by atoms with Crippen LogP contribution < -0.4 is 10.6 Å². The summed E-state index contributed by atoms with van der Waals surface area (Å²) in [5.41, 5.74) is 1.50. The molecule has 1 aromatic rings. The van der Waals surface area contributed by atoms with E-state index in [-0.39, 0.29) is 24.0 Å². The SMILES string of the molecule is CCNC(=NCCCN1CCCC1=O)NCCN1CCc2sccc2C1.I. The third kappa shape index (κ3) is 6.90. The van der Waals surface area contributed by atoms with E-state index < -0.39 is 0 Å². The van der Waals surface area contributed by atoms with E-state index in [0.717, 1.165) is 77.6 Å². The molecule has 1 saturated heterocycles. The maximum absolute atomic E-state index is 11.6. The van der Waals surface area contributed by atoms with Crippen LogP contribution in [0.5, 0.6) is 0 Å². The minimum atomic E-state index is 0. The number of likely N-dealkylation sites (tertiary alicyclic amines) is 1. The molecule has 2 aliphatic heterocycles. The van der Waals surface area contributed by atoms with Crippen molar-refractivity contribution in [3.63, 3.8) is 0 Å². The third-order valence-corrected chi connectivity index (χ3v) is 6.00. The van der Waals surface area contributed by atoms with Crippen molar-refractivity contribution in [1.82, 2.24) is 20.4 Å². The smallest absolute Gasteiger partial charge is 0.222 e. The van der Waals surface area contributed by atoms with E-state index in [0.29, 0.717) is 5.91 Å². The first-order valence-electron chi connectivity index (χ1n) is 9.84. The zero-order valence-corrected chi connectivity index (χ0v) is 19.4. The maximum Gasteiger partial charge on any atom is 0.222 e. The van der Waals surface area contributed by atoms with Crippen LogP contribution in [-0.4, -0.2) is 67.5 Å². The molecule has 0 atom stereocenters. The molecule has 0 spiro atoms. The number of carbonyl (C=O) groups is 1. The number of amides is 1. The van der Waals surface area contributed by atoms with E-state index >= 15 is 0 Å². The fraction of sp³-hybridized carbons (Fsp3) is 0.684. The summed E-state index contributed by atoms with van der Waals surface area (Å²) < 4.78 is 0. The van der Waals surface area contributed by atoms with Crippen LogP contribution in [0, 0.1) is 0 Å². The molecule has 2 N–H and O–H groups in total. The summed E-state index contributed by atoms with van der Waals surface area (Å²) in [7, 11) is 0. The summed E-state index contributed by atoms with van der Waals surface area (Å²) >= 11 is 1.89. The van der Waals surface area contributed by atoms with Gasteiger partial charge in [0, 0.05) is 63.7 Å². The number of aliphatic imine (C=N–C) groups is 1. The van der Waals surface area contributed by atoms with Crippen LogP contribution in [0.2, 0.25) is 0 Å². The molecule has 152 valence electrons. The summed E-state index contributed by atoms with van der Waals surface area (Å²) in [6, 6.07) is 2.26. The van der Waals surface area contributed by atoms with Gasteiger partial charge in [0.05, 0.1) is 0 Å². The van der Waals surface area contributed by atoms with E-state index in [1.807, 2.05) is 16.2 Å². The van der Waals surface area contributed by atoms with E-state index in [1.54, 1.807) is 4.88 Å². The first-order chi connectivity index (χ1) is 12.8. The van der Waals surface area contributed by atoms with Crippen LogP contribution in [0.4, 0.5) is 0 Å². The molecule has 0 aliphatic carbocycles. The first kappa shape index (κ1) is 22.4. The molecule has 1 amide bonds. The standard InChI is InChI=1S/C19H31N5OS.HI/c1-2-20-19(21-8-4-11-24-10-3-5-18(24)25)22-9-13-23-12-6-17-16(15-23)7-14-26-17;/h7,14H,2-6,8-13,15H2,1H3,(H2,20,21,22);1H. The number of rotatable bonds is 8. The molecule has 2 aliphatic rings. The fourth-order valence-corrected chi connectivity index (χ4v) is 4.45. The number of carbonyl (C=O) groups excluding carboxylic acids is 1. The second kappa shape index (κ2) is 11.9. The number of nitrogens with zero attached hydrogens (tertiary/aromatic N) is 3. The quantitative estimate of drug-likeness (QED) is 0.247. The van der Waals surface area contributed by atoms with E-state index in [2.05, 4.69) is 38.9 Å². The molecule has 27 heavy (non-hydrogen) atoms. The second-order valence-corrected chi connectivity index (χ2v) is 7.92. The van der Waals surface area contributed by atoms with Gasteiger partial charge in [0.25, 0.3) is 0 Å². The van der Waals surface area contributed by atoms with Gasteiger partial charge in [-0.25, -0.2) is 0 Å². The summed E-state index contributed by atoms with van der Waals surface area (Å²) in [6.45, 7) is 9.59. The van der Waals surface area contributed by atoms with Crippen molar-refractivity contribution in [2.75, 3.05) is 45.8 Å². The number of hydrogen-bond donors (Lipinski definition) is 2. The Morgan fingerprint density at radius 2 is 2.15 bits per heavy atom. The van der Waals surface area contributed by atoms with Crippen molar-refractivity contribution in [3.05, 3.63) is 21.9 Å². The fourth-order valence-electron chi connectivity index (χ4n) is 3.56. The average molecular weight is 505 g/mol. The summed E-state index contributed by atoms with van der Waals surface area (Å²) in [5, 5.41) is 8.96. The van der Waals surface area contributed by atoms with Crippen molar-refractivity contribution in [1.29, 1.82) is 0 Å². The van der Waals surface area contributed by atoms with E-state index in [9.17, 15) is 4.79 Å². The van der Waals surface area contributed by atoms with Gasteiger partial charge in [-0.15, -0.1) is 35.3 Å². The topological polar surface area (TPSA) is 60.0 Å². The van der Waals surface area contributed by atoms with Gasteiger partial charge in [0.2, 0.25) is 5.91 Å². The Hall–Kier alpha value is -0.870. The van der Waals surface area contributed by atoms with Gasteiger partial charge in [-0.1, -0.05) is 0 Å². The monoisotopic (exact) mass is 505 g/mol. The molecule has 1 aromatic heterocycles. The molecule has 0 unspecified atom stereocenters. The predicted octanol–water partition coefficient (Wildman–Crippen LogP) is 2.29. The lowest BCUT2D eigenvalue weighted by Gasteiger charge is -2.27. The lowest BCUT2D eigenvalue weighted by molar-refractivity contribution is -0.127. The van der Waals surface area contributed by atoms with Crippen LogP contribution in [0.25, 0.3) is 0 Å². The highest BCUT2D eigenvalue weighted by molar-refractivity contribution is 14.0. The Kier molecular flexibility index (Phi) is 9.84.